The molecule has 4 aromatic rings. The molecule has 2 fully saturated rings. The molecule has 0 bridgehead atoms. The van der Waals surface area contributed by atoms with Crippen LogP contribution >= 0.6 is 0 Å². The van der Waals surface area contributed by atoms with E-state index in [4.69, 9.17) is 14.2 Å². The number of hydrogen-bond acceptors (Lipinski definition) is 5. The van der Waals surface area contributed by atoms with Crippen LogP contribution in [0.25, 0.3) is 22.2 Å². The van der Waals surface area contributed by atoms with Gasteiger partial charge in [-0.05, 0) is 69.4 Å². The summed E-state index contributed by atoms with van der Waals surface area (Å²) >= 11 is 0. The molecule has 0 spiro atoms. The Labute approximate surface area is 229 Å². The number of benzene rings is 2. The number of hydrogen-bond donors (Lipinski definition) is 0. The van der Waals surface area contributed by atoms with Gasteiger partial charge in [-0.2, -0.15) is 0 Å². The molecule has 210 valence electrons. The van der Waals surface area contributed by atoms with E-state index in [1.54, 1.807) is 11.0 Å². The molecular formula is C30H31F3N4O3. The van der Waals surface area contributed by atoms with Crippen molar-refractivity contribution in [1.82, 2.24) is 14.7 Å². The summed E-state index contributed by atoms with van der Waals surface area (Å²) in [4.78, 5) is 20.0. The van der Waals surface area contributed by atoms with Crippen LogP contribution in [0.1, 0.15) is 74.3 Å². The summed E-state index contributed by atoms with van der Waals surface area (Å²) in [6.45, 7) is 3.73. The molecule has 10 heteroatoms. The van der Waals surface area contributed by atoms with Gasteiger partial charge in [0.15, 0.2) is 11.6 Å². The molecular weight excluding hydrogens is 521 g/mol. The Bertz CT molecular complexity index is 1570. The first-order valence-corrected chi connectivity index (χ1v) is 13.7. The van der Waals surface area contributed by atoms with Crippen molar-refractivity contribution in [3.8, 4) is 16.9 Å². The van der Waals surface area contributed by atoms with Gasteiger partial charge < -0.3 is 18.7 Å². The van der Waals surface area contributed by atoms with E-state index in [0.717, 1.165) is 22.3 Å². The van der Waals surface area contributed by atoms with Crippen LogP contribution in [0, 0.1) is 19.7 Å². The van der Waals surface area contributed by atoms with Crippen molar-refractivity contribution < 1.29 is 27.2 Å². The van der Waals surface area contributed by atoms with Crippen LogP contribution in [0.4, 0.5) is 18.9 Å². The molecule has 1 aliphatic carbocycles. The van der Waals surface area contributed by atoms with Gasteiger partial charge in [-0.25, -0.2) is 18.2 Å². The first-order valence-electron chi connectivity index (χ1n) is 13.7. The molecule has 3 heterocycles. The number of fused-ring (bicyclic) bond motifs is 1. The van der Waals surface area contributed by atoms with Gasteiger partial charge in [-0.15, -0.1) is 0 Å². The highest BCUT2D eigenvalue weighted by atomic mass is 19.3. The summed E-state index contributed by atoms with van der Waals surface area (Å²) in [5, 5.41) is 4.07. The fourth-order valence-electron chi connectivity index (χ4n) is 6.31. The number of methoxy groups -OCH3 is 1. The monoisotopic (exact) mass is 552 g/mol. The fraction of sp³-hybridized carbons (Fsp3) is 0.433. The second-order valence-corrected chi connectivity index (χ2v) is 10.8. The number of imidazole rings is 1. The molecule has 6 rings (SSSR count). The van der Waals surface area contributed by atoms with Crippen LogP contribution in [0.15, 0.2) is 40.9 Å². The van der Waals surface area contributed by atoms with Gasteiger partial charge in [0.2, 0.25) is 11.8 Å². The molecule has 2 aliphatic rings. The Balaban J connectivity index is 1.50. The number of amides is 1. The van der Waals surface area contributed by atoms with Crippen LogP contribution in [-0.2, 0) is 4.79 Å². The topological polar surface area (TPSA) is 73.4 Å². The number of aromatic nitrogens is 3. The summed E-state index contributed by atoms with van der Waals surface area (Å²) in [7, 11) is 1.39. The maximum Gasteiger partial charge on any atom is 0.248 e. The van der Waals surface area contributed by atoms with E-state index in [9.17, 15) is 18.0 Å². The normalized spacial score (nSPS) is 19.9. The molecule has 0 unspecified atom stereocenters. The van der Waals surface area contributed by atoms with Crippen molar-refractivity contribution in [1.29, 1.82) is 0 Å². The van der Waals surface area contributed by atoms with Crippen LogP contribution in [0.2, 0.25) is 0 Å². The van der Waals surface area contributed by atoms with Crippen molar-refractivity contribution in [2.45, 2.75) is 76.8 Å². The highest BCUT2D eigenvalue weighted by molar-refractivity contribution is 5.95. The second-order valence-electron chi connectivity index (χ2n) is 10.8. The highest BCUT2D eigenvalue weighted by Crippen LogP contribution is 2.44. The molecule has 2 aromatic carbocycles. The lowest BCUT2D eigenvalue weighted by Gasteiger charge is -2.37. The Morgan fingerprint density at radius 2 is 1.85 bits per heavy atom. The van der Waals surface area contributed by atoms with Crippen molar-refractivity contribution in [3.05, 3.63) is 59.5 Å². The number of anilines is 1. The fourth-order valence-corrected chi connectivity index (χ4v) is 6.31. The number of piperidine rings is 1. The third-order valence-corrected chi connectivity index (χ3v) is 8.25. The van der Waals surface area contributed by atoms with E-state index in [2.05, 4.69) is 9.72 Å². The van der Waals surface area contributed by atoms with Crippen LogP contribution in [0.5, 0.6) is 5.75 Å². The smallest absolute Gasteiger partial charge is 0.248 e. The zero-order chi connectivity index (χ0) is 28.2. The summed E-state index contributed by atoms with van der Waals surface area (Å²) in [6, 6.07) is 9.69. The summed E-state index contributed by atoms with van der Waals surface area (Å²) < 4.78 is 55.6. The molecule has 40 heavy (non-hydrogen) atoms. The largest absolute Gasteiger partial charge is 0.494 e. The average molecular weight is 553 g/mol. The minimum atomic E-state index is -2.68. The van der Waals surface area contributed by atoms with E-state index in [0.29, 0.717) is 54.9 Å². The number of rotatable bonds is 5. The number of halogens is 3. The maximum atomic E-state index is 14.7. The van der Waals surface area contributed by atoms with Crippen molar-refractivity contribution in [2.75, 3.05) is 12.0 Å². The summed E-state index contributed by atoms with van der Waals surface area (Å²) in [5.74, 6) is -1.97. The Hall–Kier alpha value is -3.82. The average Bonchev–Trinajstić information content (AvgIpc) is 3.47. The predicted octanol–water partition coefficient (Wildman–Crippen LogP) is 7.46. The van der Waals surface area contributed by atoms with E-state index < -0.39 is 17.8 Å². The second kappa shape index (κ2) is 9.98. The Morgan fingerprint density at radius 1 is 1.07 bits per heavy atom. The Kier molecular flexibility index (Phi) is 6.59. The SMILES string of the molecule is COc1ccc(N2C(=O)CCC[C@H]2c2nc3cc(-c4c(C)noc4C)ccc3n2C2CCC(F)(F)CC2)cc1F. The van der Waals surface area contributed by atoms with Crippen molar-refractivity contribution >= 4 is 22.6 Å². The van der Waals surface area contributed by atoms with Crippen molar-refractivity contribution in [2.24, 2.45) is 0 Å². The Morgan fingerprint density at radius 3 is 2.52 bits per heavy atom. The predicted molar refractivity (Wildman–Crippen MR) is 144 cm³/mol. The molecule has 1 atom stereocenters. The number of aryl methyl sites for hydroxylation is 2. The van der Waals surface area contributed by atoms with E-state index in [-0.39, 0.29) is 30.5 Å². The molecule has 1 amide bonds. The molecule has 1 aliphatic heterocycles. The molecule has 2 aromatic heterocycles. The third-order valence-electron chi connectivity index (χ3n) is 8.25. The van der Waals surface area contributed by atoms with Gasteiger partial charge in [0.25, 0.3) is 0 Å². The zero-order valence-electron chi connectivity index (χ0n) is 22.7. The van der Waals surface area contributed by atoms with Gasteiger partial charge in [-0.3, -0.25) is 4.79 Å². The first-order chi connectivity index (χ1) is 19.2. The van der Waals surface area contributed by atoms with Gasteiger partial charge >= 0.3 is 0 Å². The summed E-state index contributed by atoms with van der Waals surface area (Å²) in [5.41, 5.74) is 4.47. The minimum absolute atomic E-state index is 0.0898. The zero-order valence-corrected chi connectivity index (χ0v) is 22.7. The first kappa shape index (κ1) is 26.4. The van der Waals surface area contributed by atoms with Crippen LogP contribution in [-0.4, -0.2) is 33.6 Å². The maximum absolute atomic E-state index is 14.7. The molecule has 1 saturated carbocycles. The lowest BCUT2D eigenvalue weighted by atomic mass is 9.91. The van der Waals surface area contributed by atoms with E-state index in [1.165, 1.54) is 19.2 Å². The molecule has 0 N–H and O–H groups in total. The highest BCUT2D eigenvalue weighted by Gasteiger charge is 2.40. The number of ether oxygens (including phenoxy) is 1. The van der Waals surface area contributed by atoms with Gasteiger partial charge in [0.1, 0.15) is 11.6 Å². The lowest BCUT2D eigenvalue weighted by Crippen LogP contribution is -2.40. The molecule has 0 radical (unpaired) electrons. The van der Waals surface area contributed by atoms with Crippen LogP contribution in [0.3, 0.4) is 0 Å². The quantitative estimate of drug-likeness (QED) is 0.257. The lowest BCUT2D eigenvalue weighted by molar-refractivity contribution is -0.120. The van der Waals surface area contributed by atoms with E-state index in [1.807, 2.05) is 32.0 Å². The van der Waals surface area contributed by atoms with Gasteiger partial charge in [0, 0.05) is 42.6 Å². The third kappa shape index (κ3) is 4.53. The number of carbonyl (C=O) groups is 1. The molecule has 7 nitrogen and oxygen atoms in total. The summed E-state index contributed by atoms with van der Waals surface area (Å²) in [6.07, 6.45) is 1.78. The minimum Gasteiger partial charge on any atom is -0.494 e. The van der Waals surface area contributed by atoms with Crippen LogP contribution < -0.4 is 9.64 Å². The standard InChI is InChI=1S/C30H31F3N4O3/c1-17-28(18(2)40-35-17)19-7-9-24-23(15-19)34-29(37(24)20-11-13-30(32,33)14-12-20)25-5-4-6-27(38)36(25)21-8-10-26(39-3)22(31)16-21/h7-10,15-16,20,25H,4-6,11-14H2,1-3H3/t25-/m0/s1. The van der Waals surface area contributed by atoms with Gasteiger partial charge in [-0.1, -0.05) is 11.2 Å². The number of carbonyl (C=O) groups excluding carboxylic acids is 1. The van der Waals surface area contributed by atoms with Gasteiger partial charge in [0.05, 0.1) is 29.9 Å². The number of nitrogens with zero attached hydrogens (tertiary/aromatic N) is 4. The van der Waals surface area contributed by atoms with Crippen molar-refractivity contribution in [3.63, 3.8) is 0 Å². The number of alkyl halides is 2. The van der Waals surface area contributed by atoms with E-state index >= 15 is 0 Å². The molecule has 1 saturated heterocycles.